The van der Waals surface area contributed by atoms with Crippen LogP contribution in [0.15, 0.2) is 36.0 Å². The molecular weight excluding hydrogens is 1890 g/mol. The highest BCUT2D eigenvalue weighted by Crippen LogP contribution is 2.62. The highest BCUT2D eigenvalue weighted by Gasteiger charge is 2.74. The van der Waals surface area contributed by atoms with Crippen LogP contribution in [0.25, 0.3) is 0 Å². The second-order valence-electron chi connectivity index (χ2n) is 50.8. The summed E-state index contributed by atoms with van der Waals surface area (Å²) in [5.41, 5.74) is -9.26. The molecule has 24 rings (SSSR count). The maximum absolute atomic E-state index is 12.9. The number of carbonyl (C=O) groups excluding carboxylic acids is 1. The first-order valence-electron chi connectivity index (χ1n) is 55.0. The number of aldehydes is 1. The maximum Gasteiger partial charge on any atom is 0.145 e. The van der Waals surface area contributed by atoms with Crippen LogP contribution in [0.2, 0.25) is 0 Å². The monoisotopic (exact) mass is 2050 g/mol. The maximum atomic E-state index is 12.9. The lowest BCUT2D eigenvalue weighted by molar-refractivity contribution is -0.404. The van der Waals surface area contributed by atoms with E-state index in [4.69, 9.17) is 114 Å². The van der Waals surface area contributed by atoms with Gasteiger partial charge in [0.2, 0.25) is 0 Å². The lowest BCUT2D eigenvalue weighted by Gasteiger charge is -2.65. The van der Waals surface area contributed by atoms with Gasteiger partial charge in [0.05, 0.1) is 272 Å². The van der Waals surface area contributed by atoms with Crippen LogP contribution in [-0.2, 0) is 118 Å². The van der Waals surface area contributed by atoms with Crippen molar-refractivity contribution in [2.24, 2.45) is 5.92 Å². The second kappa shape index (κ2) is 37.8. The van der Waals surface area contributed by atoms with E-state index in [0.29, 0.717) is 121 Å². The first-order chi connectivity index (χ1) is 68.7. The Kier molecular flexibility index (Phi) is 27.2. The number of carbonyl (C=O) groups is 1. The number of fused-ring (bicyclic) bond motifs is 20. The number of ether oxygens (including phenoxy) is 24. The summed E-state index contributed by atoms with van der Waals surface area (Å²) in [4.78, 5) is 11.4. The molecule has 38 nitrogen and oxygen atoms in total. The Balaban J connectivity index is 0.385. The molecule has 22 fully saturated rings. The van der Waals surface area contributed by atoms with Crippen LogP contribution in [0.1, 0.15) is 251 Å². The van der Waals surface area contributed by atoms with Crippen LogP contribution in [0.5, 0.6) is 0 Å². The van der Waals surface area contributed by atoms with Gasteiger partial charge in [-0.3, -0.25) is 4.79 Å². The second-order valence-corrected chi connectivity index (χ2v) is 50.8. The summed E-state index contributed by atoms with van der Waals surface area (Å²) in [5.74, 6) is -0.138. The molecule has 0 aromatic rings. The average molecular weight is 2050 g/mol. The molecular formula is C107H160O38. The van der Waals surface area contributed by atoms with Crippen molar-refractivity contribution in [1.82, 2.24) is 0 Å². The highest BCUT2D eigenvalue weighted by molar-refractivity contribution is 5.72. The number of aliphatic hydroxyl groups excluding tert-OH is 13. The Bertz CT molecular complexity index is 4770. The van der Waals surface area contributed by atoms with Gasteiger partial charge in [-0.25, -0.2) is 0 Å². The molecule has 0 spiro atoms. The quantitative estimate of drug-likeness (QED) is 0.0759. The van der Waals surface area contributed by atoms with Crippen LogP contribution in [0.4, 0.5) is 0 Å². The van der Waals surface area contributed by atoms with Crippen molar-refractivity contribution in [3.8, 4) is 0 Å². The molecule has 62 atom stereocenters. The minimum Gasteiger partial charge on any atom is -0.393 e. The Morgan fingerprint density at radius 3 is 1.66 bits per heavy atom. The zero-order valence-corrected chi connectivity index (χ0v) is 85.7. The summed E-state index contributed by atoms with van der Waals surface area (Å²) in [6.45, 7) is 25.5. The standard InChI is InChI=1S/C107H160O38/c1-45(44-108)14-15-48-22-24-99(5)77(122-48)20-21-78-103(9,143-99)42-85-101(7,139-78)43-86-107(13,141-85)97(121)95-72(133-86)34-67-74(137-95)39-102(8)80(132-67)37-81-104(10,144-102)41-84-100(6,140-81)40-76(115)106(12)83(138-84)38-82-105(11,145-106)75(114)35-68-56(130-82)19-18-55-60(126-68)30-61-57(124-55)23-25-98(4)79(131-61)36-73-94(142-98)91(120)89(118)69(129-73)26-49(110)87(116)96-88(117)50(111)27-70(136-96)90(119)93-52(113)29-59-65(135-93)31-63-62(125-59)32-66-64(127-63)33-71-92(134-66)51(112)28-58(128-71)54-17-16-53(123-54)46(2)47(3)109/h14,16-17,22,24,44,46-97,109-121H,15,18-21,23,25-43H2,1-13H3/b45-14+/t46?,47?,48-,49?,50+,51-,52-,53-,54+,55-,56+,57+,58-,59+,60+,61-,62-,63+,64-,65-,66+,67-,68-,69+,70-,71+,72+,73-,74+,75+,76-,77+,78-,79+,80+,81-,82-,83+,84-,85-,86-,87?,88-,89+,90?,91+,92-,93-,94-,95+,96+,97+,98-,99-,100+,101+,102-,103+,104+,105+,106-,107-/m0/s1. The zero-order valence-electron chi connectivity index (χ0n) is 85.7. The van der Waals surface area contributed by atoms with E-state index in [1.807, 2.05) is 65.8 Å². The molecule has 0 aliphatic carbocycles. The van der Waals surface area contributed by atoms with Gasteiger partial charge < -0.3 is 180 Å². The Hall–Kier alpha value is -2.59. The van der Waals surface area contributed by atoms with Crippen LogP contribution < -0.4 is 0 Å². The van der Waals surface area contributed by atoms with Gasteiger partial charge in [-0.2, -0.15) is 0 Å². The van der Waals surface area contributed by atoms with Crippen molar-refractivity contribution < 1.29 is 185 Å². The minimum absolute atomic E-state index is 0.0560. The molecule has 24 heterocycles. The summed E-state index contributed by atoms with van der Waals surface area (Å²) >= 11 is 0. The third kappa shape index (κ3) is 17.8. The van der Waals surface area contributed by atoms with Crippen molar-refractivity contribution in [2.75, 3.05) is 0 Å². The van der Waals surface area contributed by atoms with Gasteiger partial charge in [-0.05, 0) is 134 Å². The van der Waals surface area contributed by atoms with Crippen molar-refractivity contribution in [3.05, 3.63) is 36.0 Å². The van der Waals surface area contributed by atoms with E-state index in [1.165, 1.54) is 0 Å². The Labute approximate surface area is 846 Å². The van der Waals surface area contributed by atoms with Gasteiger partial charge >= 0.3 is 0 Å². The van der Waals surface area contributed by atoms with Gasteiger partial charge in [0.1, 0.15) is 102 Å². The van der Waals surface area contributed by atoms with Gasteiger partial charge in [-0.15, -0.1) is 0 Å². The molecule has 0 radical (unpaired) electrons. The Morgan fingerprint density at radius 2 is 0.917 bits per heavy atom. The molecule has 145 heavy (non-hydrogen) atoms. The molecule has 13 N–H and O–H groups in total. The third-order valence-electron chi connectivity index (χ3n) is 40.6. The first-order valence-corrected chi connectivity index (χ1v) is 55.0. The van der Waals surface area contributed by atoms with Gasteiger partial charge in [0, 0.05) is 121 Å². The van der Waals surface area contributed by atoms with Gasteiger partial charge in [0.15, 0.2) is 0 Å². The van der Waals surface area contributed by atoms with Gasteiger partial charge in [0.25, 0.3) is 0 Å². The molecule has 816 valence electrons. The van der Waals surface area contributed by atoms with Crippen LogP contribution >= 0.6 is 0 Å². The summed E-state index contributed by atoms with van der Waals surface area (Å²) in [6, 6.07) is 0. The fraction of sp³-hybridized carbons (Fsp3) is 0.935. The normalized spacial score (nSPS) is 59.5. The van der Waals surface area contributed by atoms with Crippen LogP contribution in [0.3, 0.4) is 0 Å². The number of hydrogen-bond acceptors (Lipinski definition) is 38. The summed E-state index contributed by atoms with van der Waals surface area (Å²) in [6.07, 6.45) is -21.5. The molecule has 0 bridgehead atoms. The van der Waals surface area contributed by atoms with Crippen molar-refractivity contribution in [1.29, 1.82) is 0 Å². The van der Waals surface area contributed by atoms with Gasteiger partial charge in [-0.1, -0.05) is 37.3 Å². The largest absolute Gasteiger partial charge is 0.393 e. The number of allylic oxidation sites excluding steroid dienone is 1. The van der Waals surface area contributed by atoms with Crippen molar-refractivity contribution in [3.63, 3.8) is 0 Å². The molecule has 0 saturated carbocycles. The van der Waals surface area contributed by atoms with E-state index in [2.05, 4.69) is 40.7 Å². The zero-order chi connectivity index (χ0) is 101. The number of rotatable bonds is 12. The topological polar surface area (TPSA) is 502 Å². The molecule has 5 unspecified atom stereocenters. The SMILES string of the molecule is C/C(C=O)=C\C[C@H]1C=C[C@]2(C)O[C@]3(C)C[C@@H]4O[C@@]5(C)[C@H](C[C@@]4(C)O[C@H]3CC[C@H]2O1)O[C@@H]1C[C@@H]2O[C@@H]3C[C@@H]4O[C@]6(C)C[C@H](O)[C@]7(C)O[C@]8(C)[C@H](O)C[C@@H]9O[C@@H]%10C[C@@H]%11O[C@@H]%12C[C@@H]%13O[C@H](CC(O)C(O)[C@H]%14O[C@H](C(O)[C@H]%15O[C@H]%16C[C@H]%17O[C@H]%18C[C@H]%19O[C@H]([C@H]%20C=C[C@@H](C(C)C(C)O)O%20)C[C@H](O)[C@@H]%19O[C@@H]%18C[C@@H]%17O[C@@H]%16C[C@@H]%15O)C[C@@H](O)[C@@H]%14O)[C@@H](O)[C@@H](O)[C@H]%13O[C@@]%12(C)CC[C@H]%11O[C@H]%10CC[C@H]9O[C@H]8C[C@H]7O[C@H]6C[C@@]4(C)O[C@@]3(C)C[C@H]2O[C@H]1[C@H]5O. The summed E-state index contributed by atoms with van der Waals surface area (Å²) < 4.78 is 167. The molecule has 24 aliphatic rings. The molecule has 0 aromatic carbocycles. The third-order valence-corrected chi connectivity index (χ3v) is 40.6. The average Bonchev–Trinajstić information content (AvgIpc) is 1.64. The number of aliphatic hydroxyl groups is 13. The van der Waals surface area contributed by atoms with Crippen molar-refractivity contribution >= 4 is 6.29 Å². The van der Waals surface area contributed by atoms with E-state index >= 15 is 0 Å². The molecule has 24 aliphatic heterocycles. The lowest BCUT2D eigenvalue weighted by atomic mass is 9.68. The lowest BCUT2D eigenvalue weighted by Crippen LogP contribution is -2.77. The molecule has 0 amide bonds. The van der Waals surface area contributed by atoms with Crippen LogP contribution in [-0.4, -0.2) is 440 Å². The van der Waals surface area contributed by atoms with E-state index in [1.54, 1.807) is 13.8 Å². The fourth-order valence-electron chi connectivity index (χ4n) is 31.4. The molecule has 38 heteroatoms. The molecule has 22 saturated heterocycles. The number of hydrogen-bond donors (Lipinski definition) is 13. The van der Waals surface area contributed by atoms with Crippen LogP contribution in [0, 0.1) is 5.92 Å². The summed E-state index contributed by atoms with van der Waals surface area (Å²) in [5, 5.41) is 155. The minimum atomic E-state index is -1.96. The van der Waals surface area contributed by atoms with E-state index in [0.717, 1.165) is 6.29 Å². The molecule has 0 aromatic heterocycles. The smallest absolute Gasteiger partial charge is 0.145 e. The first kappa shape index (κ1) is 104. The Morgan fingerprint density at radius 1 is 0.366 bits per heavy atom. The van der Waals surface area contributed by atoms with E-state index in [-0.39, 0.29) is 81.1 Å². The fourth-order valence-corrected chi connectivity index (χ4v) is 31.4. The van der Waals surface area contributed by atoms with E-state index in [9.17, 15) is 71.2 Å². The summed E-state index contributed by atoms with van der Waals surface area (Å²) in [7, 11) is 0. The highest BCUT2D eigenvalue weighted by atomic mass is 16.7. The predicted molar refractivity (Wildman–Crippen MR) is 500 cm³/mol. The van der Waals surface area contributed by atoms with E-state index < -0.39 is 337 Å². The predicted octanol–water partition coefficient (Wildman–Crippen LogP) is 2.66. The van der Waals surface area contributed by atoms with Crippen molar-refractivity contribution in [2.45, 2.75) is 618 Å².